The highest BCUT2D eigenvalue weighted by molar-refractivity contribution is 5.19. The Hall–Kier alpha value is -1.05. The van der Waals surface area contributed by atoms with Crippen LogP contribution in [0, 0.1) is 0 Å². The van der Waals surface area contributed by atoms with Gasteiger partial charge in [0.15, 0.2) is 0 Å². The van der Waals surface area contributed by atoms with Gasteiger partial charge in [-0.2, -0.15) is 0 Å². The molecule has 2 nitrogen and oxygen atoms in total. The summed E-state index contributed by atoms with van der Waals surface area (Å²) >= 11 is 0. The van der Waals surface area contributed by atoms with Crippen molar-refractivity contribution in [1.29, 1.82) is 0 Å². The van der Waals surface area contributed by atoms with E-state index in [-0.39, 0.29) is 5.56 Å². The van der Waals surface area contributed by atoms with E-state index >= 15 is 0 Å². The number of rotatable bonds is 3. The molecule has 0 unspecified atom stereocenters. The molecule has 0 N–H and O–H groups in total. The summed E-state index contributed by atoms with van der Waals surface area (Å²) < 4.78 is 1.78. The molecule has 0 saturated heterocycles. The smallest absolute Gasteiger partial charge is 0.253 e. The summed E-state index contributed by atoms with van der Waals surface area (Å²) in [4.78, 5) is 11.9. The van der Waals surface area contributed by atoms with Crippen molar-refractivity contribution in [3.8, 4) is 0 Å². The normalized spacial score (nSPS) is 10.9. The molecule has 14 heavy (non-hydrogen) atoms. The first kappa shape index (κ1) is 11.0. The van der Waals surface area contributed by atoms with E-state index in [4.69, 9.17) is 0 Å². The van der Waals surface area contributed by atoms with Gasteiger partial charge in [0.2, 0.25) is 0 Å². The zero-order chi connectivity index (χ0) is 10.7. The molecular weight excluding hydrogens is 174 g/mol. The third-order valence-corrected chi connectivity index (χ3v) is 2.57. The van der Waals surface area contributed by atoms with Gasteiger partial charge in [0, 0.05) is 18.3 Å². The lowest BCUT2D eigenvalue weighted by Crippen LogP contribution is -2.24. The van der Waals surface area contributed by atoms with Crippen LogP contribution in [0.4, 0.5) is 0 Å². The zero-order valence-electron chi connectivity index (χ0n) is 9.50. The molecule has 0 aliphatic heterocycles. The fraction of sp³-hybridized carbons (Fsp3) is 0.583. The largest absolute Gasteiger partial charge is 0.315 e. The molecule has 0 atom stereocenters. The molecule has 78 valence electrons. The van der Waals surface area contributed by atoms with Gasteiger partial charge in [-0.1, -0.05) is 33.3 Å². The SMILES string of the molecule is CCCc1ccc(C(C)C)c(=O)n1C. The Morgan fingerprint density at radius 2 is 2.00 bits per heavy atom. The molecule has 2 heteroatoms. The van der Waals surface area contributed by atoms with Crippen LogP contribution in [0.15, 0.2) is 16.9 Å². The molecule has 0 aliphatic carbocycles. The highest BCUT2D eigenvalue weighted by atomic mass is 16.1. The summed E-state index contributed by atoms with van der Waals surface area (Å²) in [5.74, 6) is 0.310. The van der Waals surface area contributed by atoms with Crippen LogP contribution in [0.1, 0.15) is 44.4 Å². The summed E-state index contributed by atoms with van der Waals surface area (Å²) in [5, 5.41) is 0. The molecule has 0 aromatic carbocycles. The topological polar surface area (TPSA) is 22.0 Å². The number of hydrogen-bond donors (Lipinski definition) is 0. The maximum Gasteiger partial charge on any atom is 0.253 e. The van der Waals surface area contributed by atoms with Gasteiger partial charge in [0.1, 0.15) is 0 Å². The average molecular weight is 193 g/mol. The summed E-state index contributed by atoms with van der Waals surface area (Å²) in [6.07, 6.45) is 2.05. The second kappa shape index (κ2) is 4.45. The van der Waals surface area contributed by atoms with Crippen molar-refractivity contribution in [2.75, 3.05) is 0 Å². The van der Waals surface area contributed by atoms with Crippen LogP contribution in [0.25, 0.3) is 0 Å². The van der Waals surface area contributed by atoms with Crippen LogP contribution in [0.3, 0.4) is 0 Å². The molecule has 1 aromatic heterocycles. The van der Waals surface area contributed by atoms with Crippen molar-refractivity contribution in [3.05, 3.63) is 33.7 Å². The minimum Gasteiger partial charge on any atom is -0.315 e. The summed E-state index contributed by atoms with van der Waals surface area (Å²) in [6, 6.07) is 4.04. The van der Waals surface area contributed by atoms with Crippen molar-refractivity contribution >= 4 is 0 Å². The van der Waals surface area contributed by atoms with E-state index in [1.165, 1.54) is 0 Å². The van der Waals surface area contributed by atoms with Gasteiger partial charge in [0.05, 0.1) is 0 Å². The van der Waals surface area contributed by atoms with E-state index < -0.39 is 0 Å². The minimum absolute atomic E-state index is 0.158. The molecule has 1 rings (SSSR count). The van der Waals surface area contributed by atoms with Crippen molar-refractivity contribution in [2.45, 2.75) is 39.5 Å². The second-order valence-electron chi connectivity index (χ2n) is 4.05. The lowest BCUT2D eigenvalue weighted by molar-refractivity contribution is 0.717. The summed E-state index contributed by atoms with van der Waals surface area (Å²) in [6.45, 7) is 6.23. The predicted molar refractivity (Wildman–Crippen MR) is 59.8 cm³/mol. The molecule has 0 bridgehead atoms. The summed E-state index contributed by atoms with van der Waals surface area (Å²) in [5.41, 5.74) is 2.19. The van der Waals surface area contributed by atoms with Gasteiger partial charge in [-0.3, -0.25) is 4.79 Å². The van der Waals surface area contributed by atoms with E-state index in [1.54, 1.807) is 4.57 Å². The van der Waals surface area contributed by atoms with Crippen LogP contribution in [0.5, 0.6) is 0 Å². The first-order valence-corrected chi connectivity index (χ1v) is 5.26. The van der Waals surface area contributed by atoms with Crippen LogP contribution in [0.2, 0.25) is 0 Å². The lowest BCUT2D eigenvalue weighted by atomic mass is 10.0. The highest BCUT2D eigenvalue weighted by Crippen LogP contribution is 2.10. The Kier molecular flexibility index (Phi) is 3.50. The molecule has 0 spiro atoms. The Bertz CT molecular complexity index is 363. The molecule has 0 aliphatic rings. The number of hydrogen-bond acceptors (Lipinski definition) is 1. The lowest BCUT2D eigenvalue weighted by Gasteiger charge is -2.11. The van der Waals surface area contributed by atoms with Gasteiger partial charge in [-0.25, -0.2) is 0 Å². The predicted octanol–water partition coefficient (Wildman–Crippen LogP) is 2.46. The standard InChI is InChI=1S/C12H19NO/c1-5-6-10-7-8-11(9(2)3)12(14)13(10)4/h7-9H,5-6H2,1-4H3. The molecule has 1 heterocycles. The quantitative estimate of drug-likeness (QED) is 0.722. The van der Waals surface area contributed by atoms with Crippen molar-refractivity contribution in [2.24, 2.45) is 7.05 Å². The van der Waals surface area contributed by atoms with Crippen molar-refractivity contribution in [1.82, 2.24) is 4.57 Å². The Balaban J connectivity index is 3.20. The van der Waals surface area contributed by atoms with Crippen molar-refractivity contribution < 1.29 is 0 Å². The summed E-state index contributed by atoms with van der Waals surface area (Å²) in [7, 11) is 1.86. The van der Waals surface area contributed by atoms with Crippen LogP contribution >= 0.6 is 0 Å². The molecule has 0 amide bonds. The number of pyridine rings is 1. The number of aryl methyl sites for hydroxylation is 1. The van der Waals surface area contributed by atoms with Crippen LogP contribution in [-0.4, -0.2) is 4.57 Å². The highest BCUT2D eigenvalue weighted by Gasteiger charge is 2.07. The van der Waals surface area contributed by atoms with Gasteiger partial charge < -0.3 is 4.57 Å². The van der Waals surface area contributed by atoms with Gasteiger partial charge in [-0.15, -0.1) is 0 Å². The average Bonchev–Trinajstić information content (AvgIpc) is 2.13. The third kappa shape index (κ3) is 2.06. The number of nitrogens with zero attached hydrogens (tertiary/aromatic N) is 1. The van der Waals surface area contributed by atoms with E-state index in [0.29, 0.717) is 5.92 Å². The first-order valence-electron chi connectivity index (χ1n) is 5.26. The van der Waals surface area contributed by atoms with Gasteiger partial charge >= 0.3 is 0 Å². The number of aromatic nitrogens is 1. The Morgan fingerprint density at radius 1 is 1.36 bits per heavy atom. The Labute approximate surface area is 85.6 Å². The van der Waals surface area contributed by atoms with E-state index in [1.807, 2.05) is 13.1 Å². The first-order chi connectivity index (χ1) is 6.57. The monoisotopic (exact) mass is 193 g/mol. The molecular formula is C12H19NO. The zero-order valence-corrected chi connectivity index (χ0v) is 9.50. The molecule has 0 radical (unpaired) electrons. The van der Waals surface area contributed by atoms with Gasteiger partial charge in [-0.05, 0) is 18.4 Å². The molecule has 1 aromatic rings. The maximum atomic E-state index is 11.9. The van der Waals surface area contributed by atoms with Crippen LogP contribution in [-0.2, 0) is 13.5 Å². The third-order valence-electron chi connectivity index (χ3n) is 2.57. The van der Waals surface area contributed by atoms with Crippen molar-refractivity contribution in [3.63, 3.8) is 0 Å². The molecule has 0 saturated carbocycles. The molecule has 0 fully saturated rings. The fourth-order valence-corrected chi connectivity index (χ4v) is 1.64. The second-order valence-corrected chi connectivity index (χ2v) is 4.05. The fourth-order valence-electron chi connectivity index (χ4n) is 1.64. The van der Waals surface area contributed by atoms with E-state index in [9.17, 15) is 4.79 Å². The van der Waals surface area contributed by atoms with E-state index in [2.05, 4.69) is 26.8 Å². The van der Waals surface area contributed by atoms with Gasteiger partial charge in [0.25, 0.3) is 5.56 Å². The Morgan fingerprint density at radius 3 is 2.50 bits per heavy atom. The minimum atomic E-state index is 0.158. The van der Waals surface area contributed by atoms with Crippen LogP contribution < -0.4 is 5.56 Å². The van der Waals surface area contributed by atoms with E-state index in [0.717, 1.165) is 24.1 Å². The maximum absolute atomic E-state index is 11.9.